The highest BCUT2D eigenvalue weighted by molar-refractivity contribution is 8.00. The number of pyridine rings is 1. The lowest BCUT2D eigenvalue weighted by atomic mass is 10.2. The minimum Gasteiger partial charge on any atom is -0.618 e. The Bertz CT molecular complexity index is 949. The maximum Gasteiger partial charge on any atom is 0.252 e. The zero-order valence-electron chi connectivity index (χ0n) is 13.5. The predicted octanol–water partition coefficient (Wildman–Crippen LogP) is 3.84. The molecule has 5 nitrogen and oxygen atoms in total. The molecule has 9 heteroatoms. The number of amides is 1. The fourth-order valence-electron chi connectivity index (χ4n) is 2.06. The molecule has 3 rings (SSSR count). The first-order valence-electron chi connectivity index (χ1n) is 7.50. The summed E-state index contributed by atoms with van der Waals surface area (Å²) in [6, 6.07) is 8.45. The van der Waals surface area contributed by atoms with Crippen LogP contribution in [0, 0.1) is 16.8 Å². The van der Waals surface area contributed by atoms with E-state index in [0.717, 1.165) is 23.9 Å². The van der Waals surface area contributed by atoms with Gasteiger partial charge in [0.15, 0.2) is 23.0 Å². The lowest BCUT2D eigenvalue weighted by molar-refractivity contribution is -0.645. The molecule has 0 aliphatic rings. The number of anilines is 1. The zero-order valence-corrected chi connectivity index (χ0v) is 15.1. The van der Waals surface area contributed by atoms with E-state index in [1.165, 1.54) is 23.6 Å². The Hall–Kier alpha value is -2.52. The van der Waals surface area contributed by atoms with E-state index in [4.69, 9.17) is 0 Å². The van der Waals surface area contributed by atoms with Crippen LogP contribution >= 0.6 is 23.1 Å². The molecule has 0 saturated carbocycles. The van der Waals surface area contributed by atoms with Crippen LogP contribution in [0.5, 0.6) is 0 Å². The first-order valence-corrected chi connectivity index (χ1v) is 9.26. The van der Waals surface area contributed by atoms with Gasteiger partial charge in [-0.25, -0.2) is 13.8 Å². The Morgan fingerprint density at radius 3 is 2.85 bits per heavy atom. The number of rotatable bonds is 5. The predicted molar refractivity (Wildman–Crippen MR) is 96.8 cm³/mol. The highest BCUT2D eigenvalue weighted by Gasteiger charge is 2.20. The van der Waals surface area contributed by atoms with Crippen LogP contribution in [0.15, 0.2) is 53.0 Å². The molecule has 3 aromatic rings. The van der Waals surface area contributed by atoms with Crippen LogP contribution < -0.4 is 10.0 Å². The third kappa shape index (κ3) is 4.17. The number of aromatic nitrogens is 2. The van der Waals surface area contributed by atoms with Crippen molar-refractivity contribution in [2.75, 3.05) is 5.32 Å². The van der Waals surface area contributed by atoms with Crippen LogP contribution in [0.4, 0.5) is 13.9 Å². The summed E-state index contributed by atoms with van der Waals surface area (Å²) in [5.41, 5.74) is 0.852. The molecule has 134 valence electrons. The molecule has 26 heavy (non-hydrogen) atoms. The molecular formula is C17H13F2N3O2S2. The average molecular weight is 393 g/mol. The number of hydrogen-bond donors (Lipinski definition) is 1. The van der Waals surface area contributed by atoms with Gasteiger partial charge in [0.2, 0.25) is 5.91 Å². The molecule has 0 bridgehead atoms. The van der Waals surface area contributed by atoms with E-state index in [1.54, 1.807) is 30.5 Å². The van der Waals surface area contributed by atoms with Crippen LogP contribution in [0.1, 0.15) is 6.92 Å². The van der Waals surface area contributed by atoms with Gasteiger partial charge in [-0.05, 0) is 43.0 Å². The van der Waals surface area contributed by atoms with Gasteiger partial charge in [-0.2, -0.15) is 4.73 Å². The van der Waals surface area contributed by atoms with Crippen molar-refractivity contribution in [2.45, 2.75) is 17.2 Å². The number of carbonyl (C=O) groups is 1. The van der Waals surface area contributed by atoms with Crippen molar-refractivity contribution in [1.29, 1.82) is 0 Å². The molecule has 0 radical (unpaired) electrons. The maximum absolute atomic E-state index is 13.3. The molecular weight excluding hydrogens is 380 g/mol. The van der Waals surface area contributed by atoms with Crippen molar-refractivity contribution in [3.8, 4) is 11.3 Å². The third-order valence-electron chi connectivity index (χ3n) is 3.41. The molecule has 1 N–H and O–H groups in total. The van der Waals surface area contributed by atoms with E-state index in [1.807, 2.05) is 0 Å². The SMILES string of the molecule is C[C@@H](Sc1cccc[n+]1[O-])C(=O)Nc1nc(-c2ccc(F)c(F)c2)cs1. The van der Waals surface area contributed by atoms with Crippen LogP contribution in [0.3, 0.4) is 0 Å². The first-order chi connectivity index (χ1) is 12.4. The second-order valence-electron chi connectivity index (χ2n) is 5.28. The molecule has 2 heterocycles. The van der Waals surface area contributed by atoms with Crippen molar-refractivity contribution in [3.05, 3.63) is 64.8 Å². The highest BCUT2D eigenvalue weighted by atomic mass is 32.2. The fourth-order valence-corrected chi connectivity index (χ4v) is 3.64. The second-order valence-corrected chi connectivity index (χ2v) is 7.50. The molecule has 1 amide bonds. The lowest BCUT2D eigenvalue weighted by Gasteiger charge is -2.09. The number of carbonyl (C=O) groups excluding carboxylic acids is 1. The zero-order chi connectivity index (χ0) is 18.7. The van der Waals surface area contributed by atoms with E-state index in [9.17, 15) is 18.8 Å². The van der Waals surface area contributed by atoms with Gasteiger partial charge in [-0.15, -0.1) is 11.3 Å². The minimum atomic E-state index is -0.958. The normalized spacial score (nSPS) is 12.0. The van der Waals surface area contributed by atoms with Gasteiger partial charge in [-0.1, -0.05) is 0 Å². The summed E-state index contributed by atoms with van der Waals surface area (Å²) in [6.07, 6.45) is 1.36. The van der Waals surface area contributed by atoms with Crippen molar-refractivity contribution in [2.24, 2.45) is 0 Å². The Labute approximate surface area is 156 Å². The summed E-state index contributed by atoms with van der Waals surface area (Å²) in [7, 11) is 0. The van der Waals surface area contributed by atoms with Crippen molar-refractivity contribution < 1.29 is 18.3 Å². The standard InChI is InChI=1S/C17H13F2N3O2S2/c1-10(26-15-4-2-3-7-22(15)24)16(23)21-17-20-14(9-25-17)11-5-6-12(18)13(19)8-11/h2-10H,1H3,(H,20,21,23)/t10-/m1/s1. The number of thiazole rings is 1. The molecule has 0 saturated heterocycles. The first kappa shape index (κ1) is 18.3. The van der Waals surface area contributed by atoms with Crippen LogP contribution in [0.2, 0.25) is 0 Å². The quantitative estimate of drug-likeness (QED) is 0.406. The average Bonchev–Trinajstić information content (AvgIpc) is 3.07. The summed E-state index contributed by atoms with van der Waals surface area (Å²) in [5.74, 6) is -2.20. The van der Waals surface area contributed by atoms with Gasteiger partial charge in [0.1, 0.15) is 0 Å². The van der Waals surface area contributed by atoms with Gasteiger partial charge >= 0.3 is 0 Å². The summed E-state index contributed by atoms with van der Waals surface area (Å²) >= 11 is 2.30. The molecule has 1 aromatic carbocycles. The van der Waals surface area contributed by atoms with Crippen molar-refractivity contribution in [3.63, 3.8) is 0 Å². The van der Waals surface area contributed by atoms with Crippen molar-refractivity contribution in [1.82, 2.24) is 4.98 Å². The lowest BCUT2D eigenvalue weighted by Crippen LogP contribution is -2.30. The number of hydrogen-bond acceptors (Lipinski definition) is 5. The monoisotopic (exact) mass is 393 g/mol. The molecule has 0 aliphatic heterocycles. The Morgan fingerprint density at radius 2 is 2.12 bits per heavy atom. The largest absolute Gasteiger partial charge is 0.618 e. The van der Waals surface area contributed by atoms with Gasteiger partial charge < -0.3 is 10.5 Å². The van der Waals surface area contributed by atoms with Crippen LogP contribution in [-0.4, -0.2) is 16.1 Å². The number of benzene rings is 1. The summed E-state index contributed by atoms with van der Waals surface area (Å²) < 4.78 is 27.0. The Morgan fingerprint density at radius 1 is 1.31 bits per heavy atom. The Kier molecular flexibility index (Phi) is 5.48. The van der Waals surface area contributed by atoms with E-state index in [-0.39, 0.29) is 5.91 Å². The maximum atomic E-state index is 13.3. The molecule has 2 aromatic heterocycles. The van der Waals surface area contributed by atoms with Gasteiger partial charge in [0, 0.05) is 23.1 Å². The topological polar surface area (TPSA) is 68.9 Å². The Balaban J connectivity index is 1.67. The van der Waals surface area contributed by atoms with Crippen LogP contribution in [0.25, 0.3) is 11.3 Å². The van der Waals surface area contributed by atoms with Crippen molar-refractivity contribution >= 4 is 34.1 Å². The molecule has 0 unspecified atom stereocenters. The number of halogens is 2. The van der Waals surface area contributed by atoms with E-state index >= 15 is 0 Å². The smallest absolute Gasteiger partial charge is 0.252 e. The third-order valence-corrected chi connectivity index (χ3v) is 5.29. The number of nitrogens with one attached hydrogen (secondary N) is 1. The van der Waals surface area contributed by atoms with Crippen LogP contribution in [-0.2, 0) is 4.79 Å². The fraction of sp³-hybridized carbons (Fsp3) is 0.118. The summed E-state index contributed by atoms with van der Waals surface area (Å²) in [5, 5.41) is 16.2. The summed E-state index contributed by atoms with van der Waals surface area (Å²) in [4.78, 5) is 16.5. The molecule has 1 atom stereocenters. The number of thioether (sulfide) groups is 1. The molecule has 0 spiro atoms. The summed E-state index contributed by atoms with van der Waals surface area (Å²) in [6.45, 7) is 1.68. The van der Waals surface area contributed by atoms with E-state index in [0.29, 0.717) is 26.1 Å². The van der Waals surface area contributed by atoms with E-state index in [2.05, 4.69) is 10.3 Å². The van der Waals surface area contributed by atoms with Gasteiger partial charge in [0.25, 0.3) is 5.03 Å². The van der Waals surface area contributed by atoms with Gasteiger partial charge in [-0.3, -0.25) is 4.79 Å². The minimum absolute atomic E-state index is 0.315. The van der Waals surface area contributed by atoms with Gasteiger partial charge in [0.05, 0.1) is 10.9 Å². The molecule has 0 aliphatic carbocycles. The highest BCUT2D eigenvalue weighted by Crippen LogP contribution is 2.27. The second kappa shape index (κ2) is 7.79. The van der Waals surface area contributed by atoms with E-state index < -0.39 is 16.9 Å². The number of nitrogens with zero attached hydrogens (tertiary/aromatic N) is 2. The molecule has 0 fully saturated rings.